The highest BCUT2D eigenvalue weighted by atomic mass is 19.2. The maximum atomic E-state index is 13.4. The number of piperazine rings is 1. The van der Waals surface area contributed by atoms with Crippen molar-refractivity contribution in [1.29, 1.82) is 0 Å². The van der Waals surface area contributed by atoms with Gasteiger partial charge in [-0.2, -0.15) is 0 Å². The van der Waals surface area contributed by atoms with Crippen LogP contribution >= 0.6 is 0 Å². The van der Waals surface area contributed by atoms with Crippen LogP contribution in [0, 0.1) is 17.5 Å². The predicted octanol–water partition coefficient (Wildman–Crippen LogP) is 3.25. The molecule has 2 aromatic carbocycles. The van der Waals surface area contributed by atoms with Gasteiger partial charge in [0, 0.05) is 32.2 Å². The van der Waals surface area contributed by atoms with Crippen LogP contribution in [0.5, 0.6) is 0 Å². The van der Waals surface area contributed by atoms with E-state index < -0.39 is 11.6 Å². The van der Waals surface area contributed by atoms with Gasteiger partial charge in [0.15, 0.2) is 11.6 Å². The highest BCUT2D eigenvalue weighted by Crippen LogP contribution is 2.25. The molecule has 1 N–H and O–H groups in total. The molecule has 0 amide bonds. The average Bonchev–Trinajstić information content (AvgIpc) is 2.51. The van der Waals surface area contributed by atoms with Crippen molar-refractivity contribution >= 4 is 0 Å². The Hall–Kier alpha value is -1.85. The predicted molar refractivity (Wildman–Crippen MR) is 78.8 cm³/mol. The summed E-state index contributed by atoms with van der Waals surface area (Å²) >= 11 is 0. The molecule has 1 aliphatic heterocycles. The molecule has 1 atom stereocenters. The summed E-state index contributed by atoms with van der Waals surface area (Å²) in [6, 6.07) is 10.5. The Bertz CT molecular complexity index is 660. The van der Waals surface area contributed by atoms with Crippen molar-refractivity contribution in [3.05, 3.63) is 71.0 Å². The Morgan fingerprint density at radius 2 is 1.91 bits per heavy atom. The second-order valence-electron chi connectivity index (χ2n) is 5.49. The van der Waals surface area contributed by atoms with Crippen molar-refractivity contribution in [2.45, 2.75) is 12.6 Å². The molecule has 22 heavy (non-hydrogen) atoms. The third-order valence-electron chi connectivity index (χ3n) is 3.96. The van der Waals surface area contributed by atoms with Crippen molar-refractivity contribution in [1.82, 2.24) is 10.2 Å². The van der Waals surface area contributed by atoms with Gasteiger partial charge < -0.3 is 5.32 Å². The quantitative estimate of drug-likeness (QED) is 0.936. The fourth-order valence-electron chi connectivity index (χ4n) is 2.85. The molecule has 0 radical (unpaired) electrons. The molecule has 0 saturated carbocycles. The van der Waals surface area contributed by atoms with Crippen LogP contribution in [0.3, 0.4) is 0 Å². The molecule has 116 valence electrons. The lowest BCUT2D eigenvalue weighted by molar-refractivity contribution is 0.153. The maximum Gasteiger partial charge on any atom is 0.159 e. The third-order valence-corrected chi connectivity index (χ3v) is 3.96. The van der Waals surface area contributed by atoms with E-state index in [1.54, 1.807) is 12.1 Å². The highest BCUT2D eigenvalue weighted by Gasteiger charge is 2.24. The number of nitrogens with zero attached hydrogens (tertiary/aromatic N) is 1. The smallest absolute Gasteiger partial charge is 0.159 e. The first-order chi connectivity index (χ1) is 10.6. The van der Waals surface area contributed by atoms with E-state index in [0.29, 0.717) is 18.7 Å². The van der Waals surface area contributed by atoms with E-state index in [-0.39, 0.29) is 11.9 Å². The van der Waals surface area contributed by atoms with Gasteiger partial charge in [-0.05, 0) is 35.4 Å². The summed E-state index contributed by atoms with van der Waals surface area (Å²) in [4.78, 5) is 2.15. The largest absolute Gasteiger partial charge is 0.314 e. The fourth-order valence-corrected chi connectivity index (χ4v) is 2.85. The van der Waals surface area contributed by atoms with Gasteiger partial charge in [0.05, 0.1) is 0 Å². The van der Waals surface area contributed by atoms with Crippen molar-refractivity contribution in [2.75, 3.05) is 19.6 Å². The number of benzene rings is 2. The van der Waals surface area contributed by atoms with Gasteiger partial charge in [-0.3, -0.25) is 4.90 Å². The van der Waals surface area contributed by atoms with E-state index in [1.165, 1.54) is 18.2 Å². The topological polar surface area (TPSA) is 15.3 Å². The van der Waals surface area contributed by atoms with Crippen LogP contribution < -0.4 is 5.32 Å². The Morgan fingerprint density at radius 3 is 2.68 bits per heavy atom. The summed E-state index contributed by atoms with van der Waals surface area (Å²) in [5, 5.41) is 3.29. The molecular weight excluding hydrogens is 289 g/mol. The molecule has 0 aromatic heterocycles. The number of rotatable bonds is 3. The molecule has 2 nitrogen and oxygen atoms in total. The Labute approximate surface area is 127 Å². The molecule has 1 unspecified atom stereocenters. The van der Waals surface area contributed by atoms with E-state index >= 15 is 0 Å². The van der Waals surface area contributed by atoms with Gasteiger partial charge in [-0.25, -0.2) is 13.2 Å². The zero-order valence-corrected chi connectivity index (χ0v) is 12.0. The summed E-state index contributed by atoms with van der Waals surface area (Å²) in [5.41, 5.74) is 1.59. The minimum Gasteiger partial charge on any atom is -0.314 e. The second-order valence-corrected chi connectivity index (χ2v) is 5.49. The lowest BCUT2D eigenvalue weighted by atomic mass is 10.0. The van der Waals surface area contributed by atoms with Crippen molar-refractivity contribution in [2.24, 2.45) is 0 Å². The van der Waals surface area contributed by atoms with E-state index in [2.05, 4.69) is 10.2 Å². The van der Waals surface area contributed by atoms with Crippen LogP contribution in [-0.2, 0) is 6.54 Å². The standard InChI is InChI=1S/C17H17F3N2/c18-14-3-1-2-13(9-14)17-10-21-6-7-22(17)11-12-4-5-15(19)16(20)8-12/h1-5,8-9,17,21H,6-7,10-11H2. The van der Waals surface area contributed by atoms with Gasteiger partial charge in [0.1, 0.15) is 5.82 Å². The van der Waals surface area contributed by atoms with Gasteiger partial charge in [-0.1, -0.05) is 18.2 Å². The van der Waals surface area contributed by atoms with E-state index in [9.17, 15) is 13.2 Å². The van der Waals surface area contributed by atoms with Crippen LogP contribution in [0.1, 0.15) is 17.2 Å². The van der Waals surface area contributed by atoms with Crippen LogP contribution in [0.15, 0.2) is 42.5 Å². The first-order valence-electron chi connectivity index (χ1n) is 7.27. The van der Waals surface area contributed by atoms with Crippen molar-refractivity contribution in [3.8, 4) is 0 Å². The Morgan fingerprint density at radius 1 is 1.05 bits per heavy atom. The molecule has 0 aliphatic carbocycles. The van der Waals surface area contributed by atoms with Gasteiger partial charge in [-0.15, -0.1) is 0 Å². The van der Waals surface area contributed by atoms with Crippen molar-refractivity contribution in [3.63, 3.8) is 0 Å². The van der Waals surface area contributed by atoms with E-state index in [0.717, 1.165) is 24.7 Å². The van der Waals surface area contributed by atoms with E-state index in [1.807, 2.05) is 6.07 Å². The molecule has 2 aromatic rings. The fraction of sp³-hybridized carbons (Fsp3) is 0.294. The average molecular weight is 306 g/mol. The molecule has 5 heteroatoms. The van der Waals surface area contributed by atoms with Gasteiger partial charge in [0.2, 0.25) is 0 Å². The summed E-state index contributed by atoms with van der Waals surface area (Å²) in [7, 11) is 0. The number of halogens is 3. The summed E-state index contributed by atoms with van der Waals surface area (Å²) in [6.07, 6.45) is 0. The zero-order valence-electron chi connectivity index (χ0n) is 12.0. The number of nitrogens with one attached hydrogen (secondary N) is 1. The SMILES string of the molecule is Fc1cccc(C2CNCCN2Cc2ccc(F)c(F)c2)c1. The lowest BCUT2D eigenvalue weighted by Gasteiger charge is -2.36. The first kappa shape index (κ1) is 15.1. The van der Waals surface area contributed by atoms with Crippen molar-refractivity contribution < 1.29 is 13.2 Å². The lowest BCUT2D eigenvalue weighted by Crippen LogP contribution is -2.45. The number of hydrogen-bond acceptors (Lipinski definition) is 2. The third kappa shape index (κ3) is 3.31. The minimum atomic E-state index is -0.842. The number of hydrogen-bond donors (Lipinski definition) is 1. The van der Waals surface area contributed by atoms with Crippen LogP contribution in [-0.4, -0.2) is 24.5 Å². The molecular formula is C17H17F3N2. The molecule has 1 aliphatic rings. The second kappa shape index (κ2) is 6.50. The molecule has 1 fully saturated rings. The van der Waals surface area contributed by atoms with Gasteiger partial charge in [0.25, 0.3) is 0 Å². The normalized spacial score (nSPS) is 19.3. The minimum absolute atomic E-state index is 0.0116. The highest BCUT2D eigenvalue weighted by molar-refractivity contribution is 5.23. The first-order valence-corrected chi connectivity index (χ1v) is 7.27. The van der Waals surface area contributed by atoms with Crippen LogP contribution in [0.25, 0.3) is 0 Å². The molecule has 0 spiro atoms. The van der Waals surface area contributed by atoms with E-state index in [4.69, 9.17) is 0 Å². The monoisotopic (exact) mass is 306 g/mol. The molecule has 1 saturated heterocycles. The molecule has 0 bridgehead atoms. The Kier molecular flexibility index (Phi) is 4.45. The van der Waals surface area contributed by atoms with Gasteiger partial charge >= 0.3 is 0 Å². The summed E-state index contributed by atoms with van der Waals surface area (Å²) < 4.78 is 39.8. The maximum absolute atomic E-state index is 13.4. The molecule has 3 rings (SSSR count). The van der Waals surface area contributed by atoms with Crippen LogP contribution in [0.4, 0.5) is 13.2 Å². The summed E-state index contributed by atoms with van der Waals surface area (Å²) in [6.45, 7) is 2.78. The molecule has 1 heterocycles. The zero-order chi connectivity index (χ0) is 15.5. The Balaban J connectivity index is 1.82. The van der Waals surface area contributed by atoms with Crippen LogP contribution in [0.2, 0.25) is 0 Å². The summed E-state index contributed by atoms with van der Waals surface area (Å²) in [5.74, 6) is -1.95.